The van der Waals surface area contributed by atoms with Crippen LogP contribution < -0.4 is 15.1 Å². The van der Waals surface area contributed by atoms with Crippen molar-refractivity contribution in [3.8, 4) is 0 Å². The lowest BCUT2D eigenvalue weighted by atomic mass is 9.90. The highest BCUT2D eigenvalue weighted by Gasteiger charge is 2.37. The fourth-order valence-electron chi connectivity index (χ4n) is 3.37. The third-order valence-corrected chi connectivity index (χ3v) is 5.78. The molecule has 3 rings (SSSR count). The van der Waals surface area contributed by atoms with Gasteiger partial charge < -0.3 is 15.3 Å². The van der Waals surface area contributed by atoms with Gasteiger partial charge in [-0.1, -0.05) is 34.1 Å². The van der Waals surface area contributed by atoms with Gasteiger partial charge in [0.05, 0.1) is 4.45 Å². The number of alkyl halides is 1. The van der Waals surface area contributed by atoms with Crippen LogP contribution in [0.2, 0.25) is 0 Å². The Bertz CT molecular complexity index is 779. The summed E-state index contributed by atoms with van der Waals surface area (Å²) in [5.41, 5.74) is 0.715. The Hall–Kier alpha value is -2.35. The zero-order valence-corrected chi connectivity index (χ0v) is 17.1. The van der Waals surface area contributed by atoms with Crippen molar-refractivity contribution in [1.29, 1.82) is 0 Å². The Morgan fingerprint density at radius 2 is 1.89 bits per heavy atom. The van der Waals surface area contributed by atoms with E-state index in [4.69, 9.17) is 0 Å². The molecule has 0 saturated heterocycles. The number of aromatic nitrogens is 2. The van der Waals surface area contributed by atoms with Crippen molar-refractivity contribution < 1.29 is 9.90 Å². The molecular formula is C19H24BrN5O2. The first-order valence-corrected chi connectivity index (χ1v) is 9.72. The van der Waals surface area contributed by atoms with Crippen LogP contribution in [0.4, 0.5) is 22.2 Å². The number of hydrogen-bond donors (Lipinski definition) is 2. The summed E-state index contributed by atoms with van der Waals surface area (Å²) in [5, 5.41) is 13.1. The van der Waals surface area contributed by atoms with Crippen LogP contribution >= 0.6 is 15.9 Å². The van der Waals surface area contributed by atoms with Crippen LogP contribution in [0.1, 0.15) is 25.7 Å². The van der Waals surface area contributed by atoms with E-state index in [1.165, 1.54) is 4.90 Å². The molecule has 1 aromatic heterocycles. The van der Waals surface area contributed by atoms with Gasteiger partial charge in [-0.25, -0.2) is 9.78 Å². The quantitative estimate of drug-likeness (QED) is 0.543. The molecule has 1 saturated carbocycles. The predicted octanol–water partition coefficient (Wildman–Crippen LogP) is 4.17. The number of carbonyl (C=O) groups is 1. The maximum atomic E-state index is 11.8. The average molecular weight is 434 g/mol. The van der Waals surface area contributed by atoms with E-state index in [9.17, 15) is 9.90 Å². The number of halogens is 1. The Kier molecular flexibility index (Phi) is 5.84. The van der Waals surface area contributed by atoms with E-state index < -0.39 is 6.09 Å². The summed E-state index contributed by atoms with van der Waals surface area (Å²) in [5.74, 6) is 1.40. The SMILES string of the molecule is CN(C)c1ccnc(NC2(Br)CCC(N(C(=O)O)c3ccccc3)CC2)n1. The van der Waals surface area contributed by atoms with E-state index in [2.05, 4.69) is 31.2 Å². The van der Waals surface area contributed by atoms with Gasteiger partial charge in [0.15, 0.2) is 0 Å². The molecule has 8 heteroatoms. The van der Waals surface area contributed by atoms with Crippen LogP contribution in [-0.2, 0) is 0 Å². The number of nitrogens with one attached hydrogen (secondary N) is 1. The molecule has 144 valence electrons. The molecule has 0 atom stereocenters. The minimum absolute atomic E-state index is 0.0496. The molecule has 1 fully saturated rings. The normalized spacial score (nSPS) is 22.1. The van der Waals surface area contributed by atoms with E-state index >= 15 is 0 Å². The summed E-state index contributed by atoms with van der Waals surface area (Å²) in [6.45, 7) is 0. The Morgan fingerprint density at radius 1 is 1.22 bits per heavy atom. The standard InChI is InChI=1S/C19H24BrN5O2/c1-24(2)16-10-13-21-17(22-16)23-19(20)11-8-15(9-12-19)25(18(26)27)14-6-4-3-5-7-14/h3-7,10,13,15H,8-9,11-12H2,1-2H3,(H,26,27)(H,21,22,23). The molecule has 1 amide bonds. The molecule has 1 aromatic carbocycles. The number of benzene rings is 1. The monoisotopic (exact) mass is 433 g/mol. The molecule has 1 aliphatic rings. The summed E-state index contributed by atoms with van der Waals surface area (Å²) >= 11 is 3.79. The summed E-state index contributed by atoms with van der Waals surface area (Å²) < 4.78 is -0.338. The van der Waals surface area contributed by atoms with Crippen LogP contribution in [0.15, 0.2) is 42.6 Å². The second kappa shape index (κ2) is 8.12. The minimum Gasteiger partial charge on any atom is -0.465 e. The van der Waals surface area contributed by atoms with Crippen LogP contribution in [0.3, 0.4) is 0 Å². The third-order valence-electron chi connectivity index (χ3n) is 4.79. The molecule has 7 nitrogen and oxygen atoms in total. The molecule has 2 N–H and O–H groups in total. The van der Waals surface area contributed by atoms with E-state index in [1.54, 1.807) is 6.20 Å². The average Bonchev–Trinajstić information content (AvgIpc) is 2.64. The van der Waals surface area contributed by atoms with Crippen molar-refractivity contribution in [3.05, 3.63) is 42.6 Å². The third kappa shape index (κ3) is 4.68. The molecular weight excluding hydrogens is 410 g/mol. The van der Waals surface area contributed by atoms with Gasteiger partial charge in [-0.15, -0.1) is 0 Å². The lowest BCUT2D eigenvalue weighted by Crippen LogP contribution is -2.46. The van der Waals surface area contributed by atoms with Crippen molar-refractivity contribution in [2.45, 2.75) is 36.2 Å². The highest BCUT2D eigenvalue weighted by atomic mass is 79.9. The number of para-hydroxylation sites is 1. The maximum absolute atomic E-state index is 11.8. The molecule has 0 aliphatic heterocycles. The molecule has 0 radical (unpaired) electrons. The summed E-state index contributed by atoms with van der Waals surface area (Å²) in [6.07, 6.45) is 3.84. The maximum Gasteiger partial charge on any atom is 0.412 e. The largest absolute Gasteiger partial charge is 0.465 e. The summed E-state index contributed by atoms with van der Waals surface area (Å²) in [7, 11) is 3.87. The highest BCUT2D eigenvalue weighted by molar-refractivity contribution is 9.10. The number of rotatable bonds is 5. The van der Waals surface area contributed by atoms with Crippen molar-refractivity contribution in [2.75, 3.05) is 29.2 Å². The minimum atomic E-state index is -0.914. The number of anilines is 3. The Labute approximate surface area is 167 Å². The zero-order valence-electron chi connectivity index (χ0n) is 15.5. The summed E-state index contributed by atoms with van der Waals surface area (Å²) in [6, 6.07) is 11.1. The smallest absolute Gasteiger partial charge is 0.412 e. The van der Waals surface area contributed by atoms with Crippen molar-refractivity contribution in [2.24, 2.45) is 0 Å². The van der Waals surface area contributed by atoms with Gasteiger partial charge in [0, 0.05) is 32.0 Å². The molecule has 2 aromatic rings. The van der Waals surface area contributed by atoms with Crippen molar-refractivity contribution >= 4 is 39.5 Å². The number of amides is 1. The first kappa shape index (κ1) is 19.4. The van der Waals surface area contributed by atoms with Crippen LogP contribution in [0.5, 0.6) is 0 Å². The van der Waals surface area contributed by atoms with E-state index in [-0.39, 0.29) is 10.5 Å². The van der Waals surface area contributed by atoms with Gasteiger partial charge in [0.1, 0.15) is 5.82 Å². The van der Waals surface area contributed by atoms with E-state index in [1.807, 2.05) is 55.4 Å². The molecule has 1 aliphatic carbocycles. The van der Waals surface area contributed by atoms with E-state index in [0.29, 0.717) is 11.6 Å². The Morgan fingerprint density at radius 3 is 2.48 bits per heavy atom. The number of carboxylic acid groups (broad SMARTS) is 1. The lowest BCUT2D eigenvalue weighted by Gasteiger charge is -2.40. The first-order valence-electron chi connectivity index (χ1n) is 8.93. The van der Waals surface area contributed by atoms with Crippen molar-refractivity contribution in [3.63, 3.8) is 0 Å². The molecule has 0 unspecified atom stereocenters. The van der Waals surface area contributed by atoms with Gasteiger partial charge in [0.25, 0.3) is 0 Å². The lowest BCUT2D eigenvalue weighted by molar-refractivity contribution is 0.195. The Balaban J connectivity index is 1.68. The zero-order chi connectivity index (χ0) is 19.4. The van der Waals surface area contributed by atoms with E-state index in [0.717, 1.165) is 31.5 Å². The first-order chi connectivity index (χ1) is 12.9. The van der Waals surface area contributed by atoms with Gasteiger partial charge in [-0.3, -0.25) is 4.90 Å². The molecule has 27 heavy (non-hydrogen) atoms. The molecule has 0 spiro atoms. The van der Waals surface area contributed by atoms with Crippen LogP contribution in [0.25, 0.3) is 0 Å². The number of hydrogen-bond acceptors (Lipinski definition) is 5. The van der Waals surface area contributed by atoms with Crippen LogP contribution in [0, 0.1) is 0 Å². The topological polar surface area (TPSA) is 81.6 Å². The fraction of sp³-hybridized carbons (Fsp3) is 0.421. The van der Waals surface area contributed by atoms with Gasteiger partial charge in [0.2, 0.25) is 5.95 Å². The fourth-order valence-corrected chi connectivity index (χ4v) is 4.00. The molecule has 1 heterocycles. The second-order valence-electron chi connectivity index (χ2n) is 6.94. The van der Waals surface area contributed by atoms with Gasteiger partial charge >= 0.3 is 6.09 Å². The second-order valence-corrected chi connectivity index (χ2v) is 8.46. The number of nitrogens with zero attached hydrogens (tertiary/aromatic N) is 4. The van der Waals surface area contributed by atoms with Gasteiger partial charge in [-0.05, 0) is 43.9 Å². The molecule has 0 bridgehead atoms. The van der Waals surface area contributed by atoms with Crippen LogP contribution in [-0.4, -0.2) is 45.8 Å². The van der Waals surface area contributed by atoms with Crippen molar-refractivity contribution in [1.82, 2.24) is 9.97 Å². The summed E-state index contributed by atoms with van der Waals surface area (Å²) in [4.78, 5) is 24.1. The highest BCUT2D eigenvalue weighted by Crippen LogP contribution is 2.39. The van der Waals surface area contributed by atoms with Gasteiger partial charge in [-0.2, -0.15) is 4.98 Å². The predicted molar refractivity (Wildman–Crippen MR) is 111 cm³/mol.